The van der Waals surface area contributed by atoms with Crippen LogP contribution in [0, 0.1) is 0 Å². The monoisotopic (exact) mass is 730 g/mol. The Labute approximate surface area is 321 Å². The molecule has 55 heavy (non-hydrogen) atoms. The largest absolute Gasteiger partial charge is 0.504 e. The van der Waals surface area contributed by atoms with Gasteiger partial charge in [0, 0.05) is 17.7 Å². The summed E-state index contributed by atoms with van der Waals surface area (Å²) in [7, 11) is 0. The summed E-state index contributed by atoms with van der Waals surface area (Å²) in [6.45, 7) is 1.62. The van der Waals surface area contributed by atoms with Gasteiger partial charge in [-0.05, 0) is 46.5 Å². The van der Waals surface area contributed by atoms with E-state index in [1.54, 1.807) is 36.4 Å². The van der Waals surface area contributed by atoms with Gasteiger partial charge < -0.3 is 28.8 Å². The number of hydrogen-bond donors (Lipinski definition) is 1. The normalized spacial score (nSPS) is 10.3. The third-order valence-corrected chi connectivity index (χ3v) is 8.27. The first-order valence-corrected chi connectivity index (χ1v) is 17.9. The first-order chi connectivity index (χ1) is 27.1. The van der Waals surface area contributed by atoms with Gasteiger partial charge in [-0.15, -0.1) is 0 Å². The minimum absolute atomic E-state index is 0.0755. The molecule has 1 N–H and O–H groups in total. The Balaban J connectivity index is 0.000000197. The molecule has 0 aliphatic heterocycles. The van der Waals surface area contributed by atoms with Crippen molar-refractivity contribution in [3.63, 3.8) is 0 Å². The molecule has 0 aromatic heterocycles. The van der Waals surface area contributed by atoms with Crippen molar-refractivity contribution in [3.8, 4) is 34.5 Å². The number of ketones is 1. The molecule has 0 fully saturated rings. The number of ether oxygens (including phenoxy) is 5. The zero-order valence-corrected chi connectivity index (χ0v) is 30.3. The lowest BCUT2D eigenvalue weighted by molar-refractivity contribution is 0.0918. The van der Waals surface area contributed by atoms with E-state index >= 15 is 0 Å². The van der Waals surface area contributed by atoms with Crippen molar-refractivity contribution in [1.29, 1.82) is 0 Å². The van der Waals surface area contributed by atoms with E-state index in [1.807, 2.05) is 152 Å². The maximum Gasteiger partial charge on any atom is 0.200 e. The molecule has 7 heteroatoms. The zero-order valence-electron chi connectivity index (χ0n) is 30.3. The molecular formula is C48H42O7. The Kier molecular flexibility index (Phi) is 13.9. The zero-order chi connectivity index (χ0) is 37.9. The van der Waals surface area contributed by atoms with Crippen LogP contribution >= 0.6 is 0 Å². The second kappa shape index (κ2) is 20.3. The van der Waals surface area contributed by atoms with Gasteiger partial charge in [0.05, 0.1) is 0 Å². The molecule has 7 nitrogen and oxygen atoms in total. The van der Waals surface area contributed by atoms with Crippen LogP contribution in [0.1, 0.15) is 32.6 Å². The molecule has 0 aliphatic rings. The van der Waals surface area contributed by atoms with Crippen molar-refractivity contribution < 1.29 is 33.6 Å². The van der Waals surface area contributed by atoms with Crippen LogP contribution in [0.15, 0.2) is 188 Å². The van der Waals surface area contributed by atoms with E-state index in [9.17, 15) is 9.90 Å². The molecule has 0 saturated heterocycles. The SMILES string of the molecule is O=C(COc1cc(OCc2ccccc2)ccc1OCc1ccccc1)c1ccccc1.Oc1cc(OCc2ccccc2)ccc1OCc1ccccc1. The van der Waals surface area contributed by atoms with Crippen LogP contribution in [-0.2, 0) is 26.4 Å². The van der Waals surface area contributed by atoms with Crippen molar-refractivity contribution >= 4 is 5.78 Å². The van der Waals surface area contributed by atoms with Crippen LogP contribution in [0.3, 0.4) is 0 Å². The molecular weight excluding hydrogens is 689 g/mol. The van der Waals surface area contributed by atoms with Crippen molar-refractivity contribution in [2.75, 3.05) is 6.61 Å². The highest BCUT2D eigenvalue weighted by Gasteiger charge is 2.13. The summed E-state index contributed by atoms with van der Waals surface area (Å²) >= 11 is 0. The maximum absolute atomic E-state index is 12.5. The summed E-state index contributed by atoms with van der Waals surface area (Å²) in [6.07, 6.45) is 0. The van der Waals surface area contributed by atoms with Gasteiger partial charge in [-0.2, -0.15) is 0 Å². The van der Waals surface area contributed by atoms with Crippen LogP contribution in [0.5, 0.6) is 34.5 Å². The van der Waals surface area contributed by atoms with Gasteiger partial charge in [0.25, 0.3) is 0 Å². The fourth-order valence-corrected chi connectivity index (χ4v) is 5.32. The maximum atomic E-state index is 12.5. The molecule has 7 aromatic carbocycles. The van der Waals surface area contributed by atoms with Crippen molar-refractivity contribution in [3.05, 3.63) is 216 Å². The topological polar surface area (TPSA) is 83.5 Å². The Morgan fingerprint density at radius 2 is 0.764 bits per heavy atom. The van der Waals surface area contributed by atoms with Crippen LogP contribution in [0.25, 0.3) is 0 Å². The number of carbonyl (C=O) groups excluding carboxylic acids is 1. The summed E-state index contributed by atoms with van der Waals surface area (Å²) in [5.41, 5.74) is 4.85. The van der Waals surface area contributed by atoms with Gasteiger partial charge in [-0.3, -0.25) is 4.79 Å². The quantitative estimate of drug-likeness (QED) is 0.0991. The lowest BCUT2D eigenvalue weighted by atomic mass is 10.1. The summed E-state index contributed by atoms with van der Waals surface area (Å²) < 4.78 is 29.1. The van der Waals surface area contributed by atoms with Gasteiger partial charge in [0.2, 0.25) is 0 Å². The van der Waals surface area contributed by atoms with E-state index in [4.69, 9.17) is 23.7 Å². The number of phenolic OH excluding ortho intramolecular Hbond substituents is 1. The van der Waals surface area contributed by atoms with E-state index in [2.05, 4.69) is 0 Å². The van der Waals surface area contributed by atoms with E-state index in [-0.39, 0.29) is 18.1 Å². The lowest BCUT2D eigenvalue weighted by Crippen LogP contribution is -2.12. The number of carbonyl (C=O) groups is 1. The molecule has 7 aromatic rings. The lowest BCUT2D eigenvalue weighted by Gasteiger charge is -2.15. The number of aromatic hydroxyl groups is 1. The van der Waals surface area contributed by atoms with Gasteiger partial charge in [-0.25, -0.2) is 0 Å². The van der Waals surface area contributed by atoms with E-state index in [0.29, 0.717) is 60.7 Å². The van der Waals surface area contributed by atoms with Crippen LogP contribution < -0.4 is 23.7 Å². The van der Waals surface area contributed by atoms with Crippen molar-refractivity contribution in [2.24, 2.45) is 0 Å². The third kappa shape index (κ3) is 12.3. The second-order valence-corrected chi connectivity index (χ2v) is 12.4. The van der Waals surface area contributed by atoms with Crippen molar-refractivity contribution in [2.45, 2.75) is 26.4 Å². The number of phenols is 1. The number of benzene rings is 7. The molecule has 0 amide bonds. The van der Waals surface area contributed by atoms with Crippen LogP contribution in [0.4, 0.5) is 0 Å². The summed E-state index contributed by atoms with van der Waals surface area (Å²) in [5.74, 6) is 2.70. The Hall–Kier alpha value is -6.99. The molecule has 7 rings (SSSR count). The summed E-state index contributed by atoms with van der Waals surface area (Å²) in [4.78, 5) is 12.5. The average Bonchev–Trinajstić information content (AvgIpc) is 3.25. The third-order valence-electron chi connectivity index (χ3n) is 8.27. The molecule has 0 heterocycles. The molecule has 0 aliphatic carbocycles. The average molecular weight is 731 g/mol. The highest BCUT2D eigenvalue weighted by atomic mass is 16.5. The van der Waals surface area contributed by atoms with Gasteiger partial charge in [0.15, 0.2) is 35.4 Å². The number of rotatable bonds is 16. The van der Waals surface area contributed by atoms with Crippen LogP contribution in [-0.4, -0.2) is 17.5 Å². The molecule has 0 unspecified atom stereocenters. The predicted molar refractivity (Wildman–Crippen MR) is 214 cm³/mol. The van der Waals surface area contributed by atoms with E-state index < -0.39 is 0 Å². The molecule has 0 atom stereocenters. The first kappa shape index (κ1) is 37.8. The highest BCUT2D eigenvalue weighted by Crippen LogP contribution is 2.33. The number of hydrogen-bond acceptors (Lipinski definition) is 7. The Bertz CT molecular complexity index is 2180. The standard InChI is InChI=1S/C28H24O4.C20H18O3/c29-26(24-14-8-3-9-15-24)21-32-28-18-25(30-19-22-10-4-1-5-11-22)16-17-27(28)31-20-23-12-6-2-7-13-23;21-19-13-18(22-14-16-7-3-1-4-8-16)11-12-20(19)23-15-17-9-5-2-6-10-17/h1-18H,19-21H2;1-13,21H,14-15H2. The first-order valence-electron chi connectivity index (χ1n) is 17.9. The molecule has 0 radical (unpaired) electrons. The molecule has 0 bridgehead atoms. The Morgan fingerprint density at radius 3 is 1.22 bits per heavy atom. The minimum atomic E-state index is -0.102. The van der Waals surface area contributed by atoms with E-state index in [0.717, 1.165) is 22.3 Å². The predicted octanol–water partition coefficient (Wildman–Crippen LogP) is 10.7. The van der Waals surface area contributed by atoms with Gasteiger partial charge in [-0.1, -0.05) is 152 Å². The van der Waals surface area contributed by atoms with Crippen LogP contribution in [0.2, 0.25) is 0 Å². The number of Topliss-reactive ketones (excluding diaryl/α,β-unsaturated/α-hetero) is 1. The van der Waals surface area contributed by atoms with E-state index in [1.165, 1.54) is 0 Å². The molecule has 0 saturated carbocycles. The fourth-order valence-electron chi connectivity index (χ4n) is 5.32. The van der Waals surface area contributed by atoms with Gasteiger partial charge in [0.1, 0.15) is 37.9 Å². The van der Waals surface area contributed by atoms with Gasteiger partial charge >= 0.3 is 0 Å². The summed E-state index contributed by atoms with van der Waals surface area (Å²) in [5, 5.41) is 10.1. The summed E-state index contributed by atoms with van der Waals surface area (Å²) in [6, 6.07) is 59.2. The molecule has 276 valence electrons. The highest BCUT2D eigenvalue weighted by molar-refractivity contribution is 5.97. The fraction of sp³-hybridized carbons (Fsp3) is 0.104. The smallest absolute Gasteiger partial charge is 0.200 e. The second-order valence-electron chi connectivity index (χ2n) is 12.4. The molecule has 0 spiro atoms. The minimum Gasteiger partial charge on any atom is -0.504 e. The Morgan fingerprint density at radius 1 is 0.382 bits per heavy atom. The van der Waals surface area contributed by atoms with Crippen molar-refractivity contribution in [1.82, 2.24) is 0 Å².